The van der Waals surface area contributed by atoms with Crippen LogP contribution in [-0.2, 0) is 30.4 Å². The average molecular weight is 466 g/mol. The van der Waals surface area contributed by atoms with Gasteiger partial charge in [-0.1, -0.05) is 26.0 Å². The van der Waals surface area contributed by atoms with Crippen LogP contribution in [0.15, 0.2) is 24.3 Å². The minimum absolute atomic E-state index is 0.00978. The highest BCUT2D eigenvalue weighted by molar-refractivity contribution is 5.95. The molecule has 0 aliphatic heterocycles. The molecule has 1 aromatic rings. The Morgan fingerprint density at radius 2 is 1.48 bits per heavy atom. The Morgan fingerprint density at radius 1 is 0.909 bits per heavy atom. The van der Waals surface area contributed by atoms with Crippen molar-refractivity contribution in [3.05, 3.63) is 29.8 Å². The highest BCUT2D eigenvalue weighted by Crippen LogP contribution is 2.12. The van der Waals surface area contributed by atoms with E-state index >= 15 is 0 Å². The number of primary amides is 1. The molecule has 0 bridgehead atoms. The number of rotatable bonds is 12. The fourth-order valence-electron chi connectivity index (χ4n) is 2.82. The summed E-state index contributed by atoms with van der Waals surface area (Å²) in [5.74, 6) is -4.64. The van der Waals surface area contributed by atoms with E-state index in [1.807, 2.05) is 0 Å². The molecular weight excluding hydrogens is 434 g/mol. The number of hydrogen-bond donors (Lipinski definition) is 7. The van der Waals surface area contributed by atoms with Gasteiger partial charge >= 0.3 is 5.97 Å². The average Bonchev–Trinajstić information content (AvgIpc) is 2.71. The first-order chi connectivity index (χ1) is 15.3. The van der Waals surface area contributed by atoms with E-state index in [9.17, 15) is 29.1 Å². The van der Waals surface area contributed by atoms with E-state index in [4.69, 9.17) is 16.6 Å². The van der Waals surface area contributed by atoms with Crippen LogP contribution in [-0.4, -0.2) is 64.0 Å². The monoisotopic (exact) mass is 465 g/mol. The van der Waals surface area contributed by atoms with Crippen LogP contribution in [0.3, 0.4) is 0 Å². The first-order valence-electron chi connectivity index (χ1n) is 10.3. The van der Waals surface area contributed by atoms with E-state index in [0.717, 1.165) is 0 Å². The molecule has 1 rings (SSSR count). The summed E-state index contributed by atoms with van der Waals surface area (Å²) in [7, 11) is 0. The lowest BCUT2D eigenvalue weighted by molar-refractivity contribution is -0.141. The molecule has 12 nitrogen and oxygen atoms in total. The van der Waals surface area contributed by atoms with E-state index in [2.05, 4.69) is 16.0 Å². The standard InChI is InChI=1S/C21H31N5O7/c1-10(2)17(26-18(29)14(22)9-16(23)28)20(31)25-15(19(30)24-11(3)21(32)33)8-12-4-6-13(27)7-5-12/h4-7,10-11,14-15,17,27H,8-9,22H2,1-3H3,(H2,23,28)(H,24,30)(H,25,31)(H,26,29)(H,32,33). The Hall–Kier alpha value is -3.67. The lowest BCUT2D eigenvalue weighted by atomic mass is 10.00. The first kappa shape index (κ1) is 27.4. The summed E-state index contributed by atoms with van der Waals surface area (Å²) in [4.78, 5) is 60.0. The summed E-state index contributed by atoms with van der Waals surface area (Å²) in [5, 5.41) is 25.8. The molecule has 0 aliphatic carbocycles. The fraction of sp³-hybridized carbons (Fsp3) is 0.476. The molecule has 0 fully saturated rings. The van der Waals surface area contributed by atoms with Gasteiger partial charge in [-0.3, -0.25) is 24.0 Å². The molecular formula is C21H31N5O7. The summed E-state index contributed by atoms with van der Waals surface area (Å²) in [5.41, 5.74) is 11.3. The van der Waals surface area contributed by atoms with Gasteiger partial charge in [-0.15, -0.1) is 0 Å². The molecule has 4 unspecified atom stereocenters. The van der Waals surface area contributed by atoms with Crippen molar-refractivity contribution in [3.8, 4) is 5.75 Å². The fourth-order valence-corrected chi connectivity index (χ4v) is 2.82. The van der Waals surface area contributed by atoms with Crippen LogP contribution in [0.2, 0.25) is 0 Å². The van der Waals surface area contributed by atoms with E-state index in [1.165, 1.54) is 19.1 Å². The van der Waals surface area contributed by atoms with Crippen molar-refractivity contribution in [3.63, 3.8) is 0 Å². The molecule has 0 heterocycles. The summed E-state index contributed by atoms with van der Waals surface area (Å²) in [6, 6.07) is 1.18. The molecule has 0 aromatic heterocycles. The second kappa shape index (κ2) is 12.4. The molecule has 4 amide bonds. The third-order valence-corrected chi connectivity index (χ3v) is 4.74. The van der Waals surface area contributed by atoms with Gasteiger partial charge in [-0.05, 0) is 30.5 Å². The summed E-state index contributed by atoms with van der Waals surface area (Å²) in [6.07, 6.45) is -0.415. The predicted octanol–water partition coefficient (Wildman–Crippen LogP) is -1.65. The number of nitrogens with one attached hydrogen (secondary N) is 3. The van der Waals surface area contributed by atoms with Crippen LogP contribution in [0, 0.1) is 5.92 Å². The molecule has 182 valence electrons. The lowest BCUT2D eigenvalue weighted by Gasteiger charge is -2.26. The van der Waals surface area contributed by atoms with Crippen molar-refractivity contribution < 1.29 is 34.2 Å². The van der Waals surface area contributed by atoms with E-state index in [-0.39, 0.29) is 12.2 Å². The van der Waals surface area contributed by atoms with Crippen molar-refractivity contribution in [2.45, 2.75) is 57.8 Å². The zero-order chi connectivity index (χ0) is 25.3. The molecule has 1 aromatic carbocycles. The summed E-state index contributed by atoms with van der Waals surface area (Å²) in [6.45, 7) is 4.59. The number of carbonyl (C=O) groups excluding carboxylic acids is 4. The van der Waals surface area contributed by atoms with E-state index in [0.29, 0.717) is 5.56 Å². The number of aliphatic carboxylic acids is 1. The van der Waals surface area contributed by atoms with Crippen LogP contribution in [0.5, 0.6) is 5.75 Å². The predicted molar refractivity (Wildman–Crippen MR) is 118 cm³/mol. The maximum absolute atomic E-state index is 12.9. The molecule has 0 saturated carbocycles. The third kappa shape index (κ3) is 9.15. The van der Waals surface area contributed by atoms with Crippen LogP contribution >= 0.6 is 0 Å². The topological polar surface area (TPSA) is 214 Å². The number of hydrogen-bond acceptors (Lipinski definition) is 7. The second-order valence-electron chi connectivity index (χ2n) is 8.01. The number of carboxylic acid groups (broad SMARTS) is 1. The Bertz CT molecular complexity index is 872. The number of phenolic OH excluding ortho intramolecular Hbond substituents is 1. The van der Waals surface area contributed by atoms with Gasteiger partial charge in [0.15, 0.2) is 0 Å². The number of aromatic hydroxyl groups is 1. The zero-order valence-corrected chi connectivity index (χ0v) is 18.7. The molecule has 9 N–H and O–H groups in total. The molecule has 12 heteroatoms. The summed E-state index contributed by atoms with van der Waals surface area (Å²) < 4.78 is 0. The first-order valence-corrected chi connectivity index (χ1v) is 10.3. The van der Waals surface area contributed by atoms with Gasteiger partial charge in [-0.25, -0.2) is 0 Å². The van der Waals surface area contributed by atoms with Gasteiger partial charge in [0.1, 0.15) is 23.9 Å². The van der Waals surface area contributed by atoms with Crippen LogP contribution in [0.25, 0.3) is 0 Å². The second-order valence-corrected chi connectivity index (χ2v) is 8.01. The molecule has 0 radical (unpaired) electrons. The summed E-state index contributed by atoms with van der Waals surface area (Å²) >= 11 is 0. The number of phenols is 1. The minimum atomic E-state index is -1.26. The van der Waals surface area contributed by atoms with Crippen molar-refractivity contribution in [2.24, 2.45) is 17.4 Å². The van der Waals surface area contributed by atoms with Gasteiger partial charge in [0.05, 0.1) is 12.5 Å². The van der Waals surface area contributed by atoms with Crippen LogP contribution < -0.4 is 27.4 Å². The minimum Gasteiger partial charge on any atom is -0.508 e. The van der Waals surface area contributed by atoms with Gasteiger partial charge in [0, 0.05) is 6.42 Å². The van der Waals surface area contributed by atoms with Crippen molar-refractivity contribution in [2.75, 3.05) is 0 Å². The number of nitrogens with two attached hydrogens (primary N) is 2. The Kier molecular flexibility index (Phi) is 10.3. The third-order valence-electron chi connectivity index (χ3n) is 4.74. The van der Waals surface area contributed by atoms with Gasteiger partial charge in [0.2, 0.25) is 23.6 Å². The van der Waals surface area contributed by atoms with Crippen LogP contribution in [0.1, 0.15) is 32.8 Å². The Labute approximate surface area is 191 Å². The molecule has 0 saturated heterocycles. The quantitative estimate of drug-likeness (QED) is 0.189. The SMILES string of the molecule is CC(NC(=O)C(Cc1ccc(O)cc1)NC(=O)C(NC(=O)C(N)CC(N)=O)C(C)C)C(=O)O. The maximum Gasteiger partial charge on any atom is 0.325 e. The lowest BCUT2D eigenvalue weighted by Crippen LogP contribution is -2.58. The number of carboxylic acids is 1. The van der Waals surface area contributed by atoms with Crippen LogP contribution in [0.4, 0.5) is 0 Å². The van der Waals surface area contributed by atoms with E-state index in [1.54, 1.807) is 26.0 Å². The smallest absolute Gasteiger partial charge is 0.325 e. The van der Waals surface area contributed by atoms with Gasteiger partial charge < -0.3 is 37.6 Å². The highest BCUT2D eigenvalue weighted by Gasteiger charge is 2.31. The van der Waals surface area contributed by atoms with E-state index < -0.39 is 66.1 Å². The Balaban J connectivity index is 3.05. The molecule has 33 heavy (non-hydrogen) atoms. The van der Waals surface area contributed by atoms with Crippen molar-refractivity contribution in [1.82, 2.24) is 16.0 Å². The molecule has 4 atom stereocenters. The number of carbonyl (C=O) groups is 5. The van der Waals surface area contributed by atoms with Crippen molar-refractivity contribution in [1.29, 1.82) is 0 Å². The normalized spacial score (nSPS) is 14.5. The van der Waals surface area contributed by atoms with Gasteiger partial charge in [0.25, 0.3) is 0 Å². The molecule has 0 aliphatic rings. The Morgan fingerprint density at radius 3 is 1.97 bits per heavy atom. The largest absolute Gasteiger partial charge is 0.508 e. The highest BCUT2D eigenvalue weighted by atomic mass is 16.4. The zero-order valence-electron chi connectivity index (χ0n) is 18.7. The van der Waals surface area contributed by atoms with Crippen molar-refractivity contribution >= 4 is 29.6 Å². The number of amides is 4. The van der Waals surface area contributed by atoms with Gasteiger partial charge in [-0.2, -0.15) is 0 Å². The molecule has 0 spiro atoms. The number of benzene rings is 1. The maximum atomic E-state index is 12.9.